The van der Waals surface area contributed by atoms with E-state index in [1.54, 1.807) is 18.0 Å². The molecule has 12 heavy (non-hydrogen) atoms. The molecular formula is C8H10BrNOS. The van der Waals surface area contributed by atoms with E-state index in [0.717, 1.165) is 9.50 Å². The molecule has 0 aliphatic carbocycles. The minimum atomic E-state index is 0.183. The quantitative estimate of drug-likeness (QED) is 0.833. The standard InChI is InChI=1S/C8H10BrNOS/c1-6(5-11)12-8-3-2-7(9)4-10-8/h2-4,6,11H,5H2,1H3. The van der Waals surface area contributed by atoms with Gasteiger partial charge in [-0.3, -0.25) is 0 Å². The number of aromatic nitrogens is 1. The van der Waals surface area contributed by atoms with Crippen LogP contribution in [0.2, 0.25) is 0 Å². The fraction of sp³-hybridized carbons (Fsp3) is 0.375. The number of pyridine rings is 1. The first-order chi connectivity index (χ1) is 5.72. The molecule has 0 spiro atoms. The number of aliphatic hydroxyl groups is 1. The zero-order valence-electron chi connectivity index (χ0n) is 6.70. The largest absolute Gasteiger partial charge is 0.395 e. The Balaban J connectivity index is 2.58. The van der Waals surface area contributed by atoms with Gasteiger partial charge in [0.25, 0.3) is 0 Å². The van der Waals surface area contributed by atoms with E-state index in [1.807, 2.05) is 19.1 Å². The van der Waals surface area contributed by atoms with E-state index in [1.165, 1.54) is 0 Å². The van der Waals surface area contributed by atoms with Crippen LogP contribution < -0.4 is 0 Å². The molecule has 0 fully saturated rings. The Morgan fingerprint density at radius 1 is 1.67 bits per heavy atom. The van der Waals surface area contributed by atoms with Crippen molar-refractivity contribution in [1.82, 2.24) is 4.98 Å². The van der Waals surface area contributed by atoms with E-state index < -0.39 is 0 Å². The number of hydrogen-bond donors (Lipinski definition) is 1. The van der Waals surface area contributed by atoms with Crippen LogP contribution >= 0.6 is 27.7 Å². The summed E-state index contributed by atoms with van der Waals surface area (Å²) in [6.07, 6.45) is 1.76. The summed E-state index contributed by atoms with van der Waals surface area (Å²) in [6.45, 7) is 2.15. The van der Waals surface area contributed by atoms with Crippen molar-refractivity contribution in [2.75, 3.05) is 6.61 Å². The molecular weight excluding hydrogens is 238 g/mol. The smallest absolute Gasteiger partial charge is 0.0964 e. The SMILES string of the molecule is CC(CO)Sc1ccc(Br)cn1. The van der Waals surface area contributed by atoms with E-state index in [2.05, 4.69) is 20.9 Å². The Morgan fingerprint density at radius 3 is 2.92 bits per heavy atom. The maximum Gasteiger partial charge on any atom is 0.0964 e. The summed E-state index contributed by atoms with van der Waals surface area (Å²) in [7, 11) is 0. The summed E-state index contributed by atoms with van der Waals surface area (Å²) in [5.74, 6) is 0. The fourth-order valence-electron chi connectivity index (χ4n) is 0.675. The summed E-state index contributed by atoms with van der Waals surface area (Å²) < 4.78 is 0.975. The van der Waals surface area contributed by atoms with Gasteiger partial charge in [0.15, 0.2) is 0 Å². The van der Waals surface area contributed by atoms with E-state index in [0.29, 0.717) is 0 Å². The molecule has 1 heterocycles. The van der Waals surface area contributed by atoms with Gasteiger partial charge in [0.05, 0.1) is 11.6 Å². The zero-order chi connectivity index (χ0) is 8.97. The van der Waals surface area contributed by atoms with Gasteiger partial charge in [0.1, 0.15) is 0 Å². The van der Waals surface area contributed by atoms with Crippen molar-refractivity contribution in [3.05, 3.63) is 22.8 Å². The lowest BCUT2D eigenvalue weighted by molar-refractivity contribution is 0.300. The Hall–Kier alpha value is -0.0600. The van der Waals surface area contributed by atoms with Gasteiger partial charge in [0.2, 0.25) is 0 Å². The Bertz CT molecular complexity index is 239. The normalized spacial score (nSPS) is 12.9. The number of aliphatic hydroxyl groups excluding tert-OH is 1. The van der Waals surface area contributed by atoms with Crippen LogP contribution in [0.5, 0.6) is 0 Å². The van der Waals surface area contributed by atoms with E-state index in [4.69, 9.17) is 5.11 Å². The van der Waals surface area contributed by atoms with Gasteiger partial charge < -0.3 is 5.11 Å². The third-order valence-corrected chi connectivity index (χ3v) is 2.78. The van der Waals surface area contributed by atoms with Gasteiger partial charge >= 0.3 is 0 Å². The Kier molecular flexibility index (Phi) is 4.05. The van der Waals surface area contributed by atoms with Gasteiger partial charge in [0, 0.05) is 15.9 Å². The lowest BCUT2D eigenvalue weighted by atomic mass is 10.5. The van der Waals surface area contributed by atoms with Gasteiger partial charge in [-0.1, -0.05) is 6.92 Å². The van der Waals surface area contributed by atoms with Crippen LogP contribution in [0.1, 0.15) is 6.92 Å². The predicted octanol–water partition coefficient (Wildman–Crippen LogP) is 2.32. The van der Waals surface area contributed by atoms with E-state index in [9.17, 15) is 0 Å². The molecule has 0 aliphatic rings. The third-order valence-electron chi connectivity index (χ3n) is 1.28. The highest BCUT2D eigenvalue weighted by molar-refractivity contribution is 9.10. The van der Waals surface area contributed by atoms with Crippen LogP contribution in [0, 0.1) is 0 Å². The van der Waals surface area contributed by atoms with Crippen LogP contribution in [0.15, 0.2) is 27.8 Å². The lowest BCUT2D eigenvalue weighted by Crippen LogP contribution is -2.01. The Morgan fingerprint density at radius 2 is 2.42 bits per heavy atom. The molecule has 1 unspecified atom stereocenters. The molecule has 1 rings (SSSR count). The molecule has 0 radical (unpaired) electrons. The van der Waals surface area contributed by atoms with Crippen molar-refractivity contribution in [2.45, 2.75) is 17.2 Å². The summed E-state index contributed by atoms with van der Waals surface area (Å²) in [5.41, 5.74) is 0. The van der Waals surface area contributed by atoms with Gasteiger partial charge in [-0.2, -0.15) is 0 Å². The molecule has 0 saturated carbocycles. The highest BCUT2D eigenvalue weighted by Crippen LogP contribution is 2.21. The van der Waals surface area contributed by atoms with Crippen LogP contribution in [0.25, 0.3) is 0 Å². The molecule has 66 valence electrons. The van der Waals surface area contributed by atoms with Gasteiger partial charge in [-0.05, 0) is 28.1 Å². The van der Waals surface area contributed by atoms with Crippen molar-refractivity contribution in [3.8, 4) is 0 Å². The van der Waals surface area contributed by atoms with Gasteiger partial charge in [-0.15, -0.1) is 11.8 Å². The van der Waals surface area contributed by atoms with Crippen LogP contribution in [-0.4, -0.2) is 21.9 Å². The number of nitrogens with zero attached hydrogens (tertiary/aromatic N) is 1. The average molecular weight is 248 g/mol. The van der Waals surface area contributed by atoms with Crippen molar-refractivity contribution < 1.29 is 5.11 Å². The molecule has 0 saturated heterocycles. The van der Waals surface area contributed by atoms with Gasteiger partial charge in [-0.25, -0.2) is 4.98 Å². The second kappa shape index (κ2) is 4.84. The maximum atomic E-state index is 8.79. The first kappa shape index (κ1) is 10.0. The molecule has 1 aromatic rings. The number of halogens is 1. The summed E-state index contributed by atoms with van der Waals surface area (Å²) in [6, 6.07) is 3.88. The number of thioether (sulfide) groups is 1. The molecule has 0 amide bonds. The topological polar surface area (TPSA) is 33.1 Å². The zero-order valence-corrected chi connectivity index (χ0v) is 9.10. The van der Waals surface area contributed by atoms with Crippen LogP contribution in [-0.2, 0) is 0 Å². The van der Waals surface area contributed by atoms with E-state index >= 15 is 0 Å². The molecule has 0 bridgehead atoms. The first-order valence-corrected chi connectivity index (χ1v) is 5.28. The molecule has 2 nitrogen and oxygen atoms in total. The lowest BCUT2D eigenvalue weighted by Gasteiger charge is -2.05. The minimum absolute atomic E-state index is 0.183. The third kappa shape index (κ3) is 3.13. The highest BCUT2D eigenvalue weighted by Gasteiger charge is 2.02. The van der Waals surface area contributed by atoms with Crippen molar-refractivity contribution >= 4 is 27.7 Å². The van der Waals surface area contributed by atoms with Crippen molar-refractivity contribution in [3.63, 3.8) is 0 Å². The monoisotopic (exact) mass is 247 g/mol. The fourth-order valence-corrected chi connectivity index (χ4v) is 1.66. The maximum absolute atomic E-state index is 8.79. The molecule has 1 aromatic heterocycles. The van der Waals surface area contributed by atoms with Crippen LogP contribution in [0.4, 0.5) is 0 Å². The summed E-state index contributed by atoms with van der Waals surface area (Å²) in [4.78, 5) is 4.17. The van der Waals surface area contributed by atoms with Crippen LogP contribution in [0.3, 0.4) is 0 Å². The van der Waals surface area contributed by atoms with Crippen molar-refractivity contribution in [2.24, 2.45) is 0 Å². The first-order valence-electron chi connectivity index (χ1n) is 3.61. The molecule has 0 aromatic carbocycles. The number of hydrogen-bond acceptors (Lipinski definition) is 3. The van der Waals surface area contributed by atoms with E-state index in [-0.39, 0.29) is 11.9 Å². The summed E-state index contributed by atoms with van der Waals surface area (Å²) >= 11 is 4.88. The molecule has 4 heteroatoms. The second-order valence-corrected chi connectivity index (χ2v) is 4.80. The Labute approximate surface area is 84.5 Å². The highest BCUT2D eigenvalue weighted by atomic mass is 79.9. The predicted molar refractivity (Wildman–Crippen MR) is 54.3 cm³/mol. The number of rotatable bonds is 3. The minimum Gasteiger partial charge on any atom is -0.395 e. The van der Waals surface area contributed by atoms with Crippen molar-refractivity contribution in [1.29, 1.82) is 0 Å². The molecule has 0 aliphatic heterocycles. The molecule has 1 N–H and O–H groups in total. The summed E-state index contributed by atoms with van der Waals surface area (Å²) in [5, 5.41) is 9.94. The molecule has 1 atom stereocenters. The average Bonchev–Trinajstić information content (AvgIpc) is 2.09. The second-order valence-electron chi connectivity index (χ2n) is 2.43.